The second-order valence-electron chi connectivity index (χ2n) is 2.99. The highest BCUT2D eigenvalue weighted by molar-refractivity contribution is 5.97. The van der Waals surface area contributed by atoms with Crippen LogP contribution in [0.3, 0.4) is 0 Å². The van der Waals surface area contributed by atoms with Crippen LogP contribution in [0.5, 0.6) is 0 Å². The molecule has 0 aliphatic rings. The van der Waals surface area contributed by atoms with Gasteiger partial charge in [0, 0.05) is 0 Å². The van der Waals surface area contributed by atoms with Gasteiger partial charge in [-0.1, -0.05) is 0 Å². The van der Waals surface area contributed by atoms with Crippen molar-refractivity contribution < 1.29 is 14.0 Å². The first-order valence-electron chi connectivity index (χ1n) is 4.16. The van der Waals surface area contributed by atoms with Gasteiger partial charge in [-0.3, -0.25) is 9.59 Å². The number of nitrogens with two attached hydrogens (primary N) is 1. The van der Waals surface area contributed by atoms with Gasteiger partial charge >= 0.3 is 0 Å². The van der Waals surface area contributed by atoms with E-state index < -0.39 is 11.9 Å². The minimum absolute atomic E-state index is 0.359. The van der Waals surface area contributed by atoms with Crippen LogP contribution in [0.2, 0.25) is 0 Å². The molecule has 0 aliphatic heterocycles. The summed E-state index contributed by atoms with van der Waals surface area (Å²) in [6.07, 6.45) is 1.42. The number of primary amides is 1. The van der Waals surface area contributed by atoms with E-state index in [9.17, 15) is 9.59 Å². The minimum Gasteiger partial charge on any atom is -0.469 e. The van der Waals surface area contributed by atoms with E-state index in [2.05, 4.69) is 5.32 Å². The van der Waals surface area contributed by atoms with E-state index in [1.165, 1.54) is 13.2 Å². The Morgan fingerprint density at radius 3 is 2.64 bits per heavy atom. The molecule has 1 aromatic heterocycles. The van der Waals surface area contributed by atoms with Gasteiger partial charge in [0.2, 0.25) is 5.91 Å². The number of carbonyl (C=O) groups excluding carboxylic acids is 2. The van der Waals surface area contributed by atoms with Crippen molar-refractivity contribution in [2.45, 2.75) is 19.9 Å². The Balaban J connectivity index is 2.69. The third kappa shape index (κ3) is 2.12. The maximum atomic E-state index is 11.5. The zero-order valence-electron chi connectivity index (χ0n) is 8.03. The predicted octanol–water partition coefficient (Wildman–Crippen LogP) is 0.192. The summed E-state index contributed by atoms with van der Waals surface area (Å²) in [5, 5.41) is 2.45. The molecule has 0 spiro atoms. The van der Waals surface area contributed by atoms with E-state index in [-0.39, 0.29) is 5.91 Å². The molecule has 0 saturated carbocycles. The molecule has 3 N–H and O–H groups in total. The third-order valence-corrected chi connectivity index (χ3v) is 1.88. The number of amides is 2. The maximum Gasteiger partial charge on any atom is 0.255 e. The Morgan fingerprint density at radius 1 is 1.57 bits per heavy atom. The summed E-state index contributed by atoms with van der Waals surface area (Å²) in [7, 11) is 0. The Bertz CT molecular complexity index is 357. The van der Waals surface area contributed by atoms with E-state index in [1.807, 2.05) is 0 Å². The third-order valence-electron chi connectivity index (χ3n) is 1.88. The molecule has 1 atom stereocenters. The van der Waals surface area contributed by atoms with Crippen molar-refractivity contribution in [1.29, 1.82) is 0 Å². The summed E-state index contributed by atoms with van der Waals surface area (Å²) in [5.41, 5.74) is 5.41. The smallest absolute Gasteiger partial charge is 0.255 e. The maximum absolute atomic E-state index is 11.5. The summed E-state index contributed by atoms with van der Waals surface area (Å²) >= 11 is 0. The Labute approximate surface area is 81.3 Å². The molecule has 76 valence electrons. The molecule has 2 amide bonds. The quantitative estimate of drug-likeness (QED) is 0.723. The SMILES string of the molecule is Cc1occc1C(=O)NC(C)C(N)=O. The number of rotatable bonds is 3. The fourth-order valence-corrected chi connectivity index (χ4v) is 0.966. The highest BCUT2D eigenvalue weighted by atomic mass is 16.3. The topological polar surface area (TPSA) is 85.3 Å². The first kappa shape index (κ1) is 10.3. The lowest BCUT2D eigenvalue weighted by Gasteiger charge is -2.08. The molecule has 0 aromatic carbocycles. The molecule has 5 heteroatoms. The summed E-state index contributed by atoms with van der Waals surface area (Å²) in [6.45, 7) is 3.19. The largest absolute Gasteiger partial charge is 0.469 e. The van der Waals surface area contributed by atoms with Crippen molar-refractivity contribution in [3.63, 3.8) is 0 Å². The van der Waals surface area contributed by atoms with Gasteiger partial charge in [0.1, 0.15) is 11.8 Å². The van der Waals surface area contributed by atoms with E-state index in [4.69, 9.17) is 10.2 Å². The number of nitrogens with one attached hydrogen (secondary N) is 1. The fourth-order valence-electron chi connectivity index (χ4n) is 0.966. The number of carbonyl (C=O) groups is 2. The molecular formula is C9H12N2O3. The van der Waals surface area contributed by atoms with Crippen LogP contribution in [0, 0.1) is 6.92 Å². The second-order valence-corrected chi connectivity index (χ2v) is 2.99. The lowest BCUT2D eigenvalue weighted by Crippen LogP contribution is -2.42. The van der Waals surface area contributed by atoms with Gasteiger partial charge in [-0.2, -0.15) is 0 Å². The number of hydrogen-bond donors (Lipinski definition) is 2. The van der Waals surface area contributed by atoms with Gasteiger partial charge < -0.3 is 15.5 Å². The molecule has 0 saturated heterocycles. The summed E-state index contributed by atoms with van der Waals surface area (Å²) in [4.78, 5) is 22.1. The molecule has 1 unspecified atom stereocenters. The molecule has 14 heavy (non-hydrogen) atoms. The van der Waals surface area contributed by atoms with Crippen LogP contribution in [-0.4, -0.2) is 17.9 Å². The summed E-state index contributed by atoms with van der Waals surface area (Å²) in [6, 6.07) is 0.857. The van der Waals surface area contributed by atoms with Gasteiger partial charge in [-0.25, -0.2) is 0 Å². The molecule has 1 aromatic rings. The first-order chi connectivity index (χ1) is 6.52. The molecule has 0 aliphatic carbocycles. The monoisotopic (exact) mass is 196 g/mol. The van der Waals surface area contributed by atoms with Crippen LogP contribution >= 0.6 is 0 Å². The van der Waals surface area contributed by atoms with Crippen molar-refractivity contribution >= 4 is 11.8 Å². The van der Waals surface area contributed by atoms with Crippen LogP contribution in [-0.2, 0) is 4.79 Å². The Kier molecular flexibility index (Phi) is 2.91. The van der Waals surface area contributed by atoms with Crippen molar-refractivity contribution in [2.24, 2.45) is 5.73 Å². The molecule has 0 fully saturated rings. The van der Waals surface area contributed by atoms with Crippen LogP contribution in [0.4, 0.5) is 0 Å². The summed E-state index contributed by atoms with van der Waals surface area (Å²) < 4.78 is 4.95. The first-order valence-corrected chi connectivity index (χ1v) is 4.16. The Hall–Kier alpha value is -1.78. The minimum atomic E-state index is -0.684. The van der Waals surface area contributed by atoms with Crippen molar-refractivity contribution in [3.8, 4) is 0 Å². The molecule has 5 nitrogen and oxygen atoms in total. The van der Waals surface area contributed by atoms with Crippen molar-refractivity contribution in [3.05, 3.63) is 23.7 Å². The van der Waals surface area contributed by atoms with Crippen LogP contribution in [0.15, 0.2) is 16.7 Å². The standard InChI is InChI=1S/C9H12N2O3/c1-5(8(10)12)11-9(13)7-3-4-14-6(7)2/h3-5H,1-2H3,(H2,10,12)(H,11,13). The van der Waals surface area contributed by atoms with Crippen LogP contribution in [0.25, 0.3) is 0 Å². The average Bonchev–Trinajstić information content (AvgIpc) is 2.51. The van der Waals surface area contributed by atoms with Gasteiger partial charge in [0.15, 0.2) is 0 Å². The zero-order valence-corrected chi connectivity index (χ0v) is 8.03. The predicted molar refractivity (Wildman–Crippen MR) is 49.6 cm³/mol. The molecule has 1 heterocycles. The van der Waals surface area contributed by atoms with Crippen molar-refractivity contribution in [2.75, 3.05) is 0 Å². The van der Waals surface area contributed by atoms with Gasteiger partial charge in [0.25, 0.3) is 5.91 Å². The zero-order chi connectivity index (χ0) is 10.7. The lowest BCUT2D eigenvalue weighted by molar-refractivity contribution is -0.119. The highest BCUT2D eigenvalue weighted by Gasteiger charge is 2.16. The van der Waals surface area contributed by atoms with E-state index in [0.29, 0.717) is 11.3 Å². The fraction of sp³-hybridized carbons (Fsp3) is 0.333. The van der Waals surface area contributed by atoms with E-state index >= 15 is 0 Å². The number of furan rings is 1. The van der Waals surface area contributed by atoms with Crippen LogP contribution in [0.1, 0.15) is 23.0 Å². The van der Waals surface area contributed by atoms with Crippen molar-refractivity contribution in [1.82, 2.24) is 5.32 Å². The molecule has 1 rings (SSSR count). The highest BCUT2D eigenvalue weighted by Crippen LogP contribution is 2.08. The van der Waals surface area contributed by atoms with Crippen LogP contribution < -0.4 is 11.1 Å². The summed E-state index contributed by atoms with van der Waals surface area (Å²) in [5.74, 6) is -0.416. The van der Waals surface area contributed by atoms with E-state index in [1.54, 1.807) is 13.0 Å². The molecule has 0 radical (unpaired) electrons. The number of aryl methyl sites for hydroxylation is 1. The van der Waals surface area contributed by atoms with E-state index in [0.717, 1.165) is 0 Å². The van der Waals surface area contributed by atoms with Gasteiger partial charge in [-0.15, -0.1) is 0 Å². The van der Waals surface area contributed by atoms with Gasteiger partial charge in [-0.05, 0) is 19.9 Å². The number of hydrogen-bond acceptors (Lipinski definition) is 3. The van der Waals surface area contributed by atoms with Gasteiger partial charge in [0.05, 0.1) is 11.8 Å². The normalized spacial score (nSPS) is 12.1. The molecule has 0 bridgehead atoms. The average molecular weight is 196 g/mol. The lowest BCUT2D eigenvalue weighted by atomic mass is 10.2. The second kappa shape index (κ2) is 3.95. The Morgan fingerprint density at radius 2 is 2.21 bits per heavy atom. The molecular weight excluding hydrogens is 184 g/mol.